The maximum Gasteiger partial charge on any atom is 0.324 e. The molecule has 0 bridgehead atoms. The molecular weight excluding hydrogens is 294 g/mol. The molecule has 1 heterocycles. The summed E-state index contributed by atoms with van der Waals surface area (Å²) in [6, 6.07) is 14.6. The number of likely N-dealkylation sites (N-methyl/N-ethyl adjacent to an activating group) is 1. The van der Waals surface area contributed by atoms with Crippen LogP contribution in [0.5, 0.6) is 0 Å². The van der Waals surface area contributed by atoms with E-state index in [4.69, 9.17) is 0 Å². The summed E-state index contributed by atoms with van der Waals surface area (Å²) < 4.78 is 0. The summed E-state index contributed by atoms with van der Waals surface area (Å²) in [6.45, 7) is 0. The molecule has 1 unspecified atom stereocenters. The first-order valence-electron chi connectivity index (χ1n) is 7.10. The van der Waals surface area contributed by atoms with Gasteiger partial charge in [-0.1, -0.05) is 30.3 Å². The number of carbonyl (C=O) groups excluding carboxylic acids is 3. The van der Waals surface area contributed by atoms with Crippen LogP contribution in [0.1, 0.15) is 22.0 Å². The van der Waals surface area contributed by atoms with Crippen LogP contribution < -0.4 is 10.6 Å². The summed E-state index contributed by atoms with van der Waals surface area (Å²) in [5.74, 6) is -0.553. The lowest BCUT2D eigenvalue weighted by Crippen LogP contribution is -2.25. The van der Waals surface area contributed by atoms with Crippen molar-refractivity contribution in [1.82, 2.24) is 10.2 Å². The number of amides is 4. The van der Waals surface area contributed by atoms with E-state index in [1.807, 2.05) is 6.07 Å². The van der Waals surface area contributed by atoms with Crippen LogP contribution in [0.15, 0.2) is 54.6 Å². The molecule has 2 N–H and O–H groups in total. The number of hydrogen-bond acceptors (Lipinski definition) is 3. The Bertz CT molecular complexity index is 774. The highest BCUT2D eigenvalue weighted by atomic mass is 16.2. The van der Waals surface area contributed by atoms with Gasteiger partial charge in [0.1, 0.15) is 6.04 Å². The van der Waals surface area contributed by atoms with Gasteiger partial charge in [0.2, 0.25) is 0 Å². The van der Waals surface area contributed by atoms with Gasteiger partial charge < -0.3 is 10.6 Å². The molecule has 0 aliphatic carbocycles. The summed E-state index contributed by atoms with van der Waals surface area (Å²) in [4.78, 5) is 36.8. The van der Waals surface area contributed by atoms with Gasteiger partial charge in [-0.3, -0.25) is 14.5 Å². The SMILES string of the molecule is CN1C(=O)NC(c2cccc(NC(=O)c3ccccc3)c2)C1=O. The van der Waals surface area contributed by atoms with E-state index in [-0.39, 0.29) is 11.8 Å². The van der Waals surface area contributed by atoms with E-state index >= 15 is 0 Å². The molecule has 1 aliphatic rings. The third-order valence-electron chi connectivity index (χ3n) is 3.66. The molecule has 2 aromatic rings. The predicted molar refractivity (Wildman–Crippen MR) is 84.9 cm³/mol. The number of benzene rings is 2. The Labute approximate surface area is 133 Å². The van der Waals surface area contributed by atoms with E-state index < -0.39 is 12.1 Å². The van der Waals surface area contributed by atoms with Crippen LogP contribution in [0, 0.1) is 0 Å². The third kappa shape index (κ3) is 2.91. The average Bonchev–Trinajstić information content (AvgIpc) is 2.83. The lowest BCUT2D eigenvalue weighted by atomic mass is 10.1. The van der Waals surface area contributed by atoms with Crippen molar-refractivity contribution in [2.75, 3.05) is 12.4 Å². The number of nitrogens with one attached hydrogen (secondary N) is 2. The Morgan fingerprint density at radius 2 is 1.83 bits per heavy atom. The summed E-state index contributed by atoms with van der Waals surface area (Å²) in [5.41, 5.74) is 1.73. The monoisotopic (exact) mass is 309 g/mol. The van der Waals surface area contributed by atoms with E-state index in [9.17, 15) is 14.4 Å². The van der Waals surface area contributed by atoms with Gasteiger partial charge in [0, 0.05) is 18.3 Å². The summed E-state index contributed by atoms with van der Waals surface area (Å²) in [7, 11) is 1.43. The van der Waals surface area contributed by atoms with Gasteiger partial charge in [-0.2, -0.15) is 0 Å². The standard InChI is InChI=1S/C17H15N3O3/c1-20-16(22)14(19-17(20)23)12-8-5-9-13(10-12)18-15(21)11-6-3-2-4-7-11/h2-10,14H,1H3,(H,18,21)(H,19,23). The van der Waals surface area contributed by atoms with Gasteiger partial charge >= 0.3 is 6.03 Å². The molecule has 0 spiro atoms. The third-order valence-corrected chi connectivity index (χ3v) is 3.66. The Morgan fingerprint density at radius 1 is 1.09 bits per heavy atom. The van der Waals surface area contributed by atoms with E-state index in [0.717, 1.165) is 4.90 Å². The lowest BCUT2D eigenvalue weighted by molar-refractivity contribution is -0.126. The molecule has 0 saturated carbocycles. The zero-order valence-electron chi connectivity index (χ0n) is 12.4. The van der Waals surface area contributed by atoms with Gasteiger partial charge in [-0.05, 0) is 29.8 Å². The molecule has 1 saturated heterocycles. The average molecular weight is 309 g/mol. The number of anilines is 1. The second-order valence-electron chi connectivity index (χ2n) is 5.23. The molecule has 6 heteroatoms. The molecule has 1 atom stereocenters. The first kappa shape index (κ1) is 14.8. The normalized spacial score (nSPS) is 17.1. The maximum atomic E-state index is 12.2. The van der Waals surface area contributed by atoms with Crippen LogP contribution in [0.2, 0.25) is 0 Å². The van der Waals surface area contributed by atoms with Crippen LogP contribution in [-0.2, 0) is 4.79 Å². The zero-order valence-corrected chi connectivity index (χ0v) is 12.4. The Hall–Kier alpha value is -3.15. The topological polar surface area (TPSA) is 78.5 Å². The Morgan fingerprint density at radius 3 is 2.48 bits per heavy atom. The van der Waals surface area contributed by atoms with Crippen molar-refractivity contribution in [2.24, 2.45) is 0 Å². The van der Waals surface area contributed by atoms with Gasteiger partial charge in [0.15, 0.2) is 0 Å². The predicted octanol–water partition coefficient (Wildman–Crippen LogP) is 2.16. The minimum atomic E-state index is -0.721. The highest BCUT2D eigenvalue weighted by Gasteiger charge is 2.36. The van der Waals surface area contributed by atoms with Crippen molar-refractivity contribution < 1.29 is 14.4 Å². The first-order valence-corrected chi connectivity index (χ1v) is 7.10. The van der Waals surface area contributed by atoms with Gasteiger partial charge in [0.05, 0.1) is 0 Å². The fourth-order valence-electron chi connectivity index (χ4n) is 2.39. The van der Waals surface area contributed by atoms with Crippen molar-refractivity contribution in [2.45, 2.75) is 6.04 Å². The molecule has 0 radical (unpaired) electrons. The van der Waals surface area contributed by atoms with Crippen molar-refractivity contribution in [3.05, 3.63) is 65.7 Å². The second-order valence-corrected chi connectivity index (χ2v) is 5.23. The van der Waals surface area contributed by atoms with Crippen LogP contribution in [0.25, 0.3) is 0 Å². The molecule has 6 nitrogen and oxygen atoms in total. The fraction of sp³-hybridized carbons (Fsp3) is 0.118. The van der Waals surface area contributed by atoms with Crippen LogP contribution in [0.3, 0.4) is 0 Å². The van der Waals surface area contributed by atoms with Gasteiger partial charge in [0.25, 0.3) is 11.8 Å². The number of urea groups is 1. The van der Waals surface area contributed by atoms with E-state index in [1.165, 1.54) is 7.05 Å². The van der Waals surface area contributed by atoms with E-state index in [0.29, 0.717) is 16.8 Å². The van der Waals surface area contributed by atoms with E-state index in [1.54, 1.807) is 48.5 Å². The van der Waals surface area contributed by atoms with E-state index in [2.05, 4.69) is 10.6 Å². The second kappa shape index (κ2) is 5.92. The zero-order chi connectivity index (χ0) is 16.4. The van der Waals surface area contributed by atoms with Crippen molar-refractivity contribution in [3.8, 4) is 0 Å². The molecular formula is C17H15N3O3. The van der Waals surface area contributed by atoms with Crippen LogP contribution >= 0.6 is 0 Å². The molecule has 0 aromatic heterocycles. The number of rotatable bonds is 3. The summed E-state index contributed by atoms with van der Waals surface area (Å²) >= 11 is 0. The largest absolute Gasteiger partial charge is 0.324 e. The minimum Gasteiger partial charge on any atom is -0.322 e. The highest BCUT2D eigenvalue weighted by Crippen LogP contribution is 2.23. The van der Waals surface area contributed by atoms with Crippen LogP contribution in [0.4, 0.5) is 10.5 Å². The fourth-order valence-corrected chi connectivity index (χ4v) is 2.39. The molecule has 3 rings (SSSR count). The van der Waals surface area contributed by atoms with Crippen LogP contribution in [-0.4, -0.2) is 29.8 Å². The number of nitrogens with zero attached hydrogens (tertiary/aromatic N) is 1. The highest BCUT2D eigenvalue weighted by molar-refractivity contribution is 6.05. The molecule has 2 aromatic carbocycles. The quantitative estimate of drug-likeness (QED) is 0.853. The smallest absolute Gasteiger partial charge is 0.322 e. The van der Waals surface area contributed by atoms with Gasteiger partial charge in [-0.25, -0.2) is 4.79 Å². The number of imide groups is 1. The van der Waals surface area contributed by atoms with Crippen molar-refractivity contribution in [3.63, 3.8) is 0 Å². The lowest BCUT2D eigenvalue weighted by Gasteiger charge is -2.11. The molecule has 4 amide bonds. The van der Waals surface area contributed by atoms with Crippen molar-refractivity contribution >= 4 is 23.5 Å². The molecule has 1 aliphatic heterocycles. The van der Waals surface area contributed by atoms with Gasteiger partial charge in [-0.15, -0.1) is 0 Å². The Kier molecular flexibility index (Phi) is 3.80. The summed E-state index contributed by atoms with van der Waals surface area (Å²) in [5, 5.41) is 5.39. The molecule has 116 valence electrons. The number of hydrogen-bond donors (Lipinski definition) is 2. The summed E-state index contributed by atoms with van der Waals surface area (Å²) in [6.07, 6.45) is 0. The maximum absolute atomic E-state index is 12.2. The minimum absolute atomic E-state index is 0.235. The number of carbonyl (C=O) groups is 3. The molecule has 1 fully saturated rings. The van der Waals surface area contributed by atoms with Crippen molar-refractivity contribution in [1.29, 1.82) is 0 Å². The first-order chi connectivity index (χ1) is 11.1. The molecule has 23 heavy (non-hydrogen) atoms. The Balaban J connectivity index is 1.80.